The van der Waals surface area contributed by atoms with Crippen LogP contribution in [0.5, 0.6) is 5.75 Å². The van der Waals surface area contributed by atoms with Gasteiger partial charge in [0.05, 0.1) is 17.9 Å². The zero-order valence-corrected chi connectivity index (χ0v) is 27.9. The van der Waals surface area contributed by atoms with E-state index in [9.17, 15) is 14.4 Å². The van der Waals surface area contributed by atoms with Gasteiger partial charge in [0.1, 0.15) is 17.5 Å². The molecule has 1 atom stereocenters. The zero-order chi connectivity index (χ0) is 32.5. The van der Waals surface area contributed by atoms with E-state index in [1.165, 1.54) is 4.90 Å². The van der Waals surface area contributed by atoms with E-state index in [1.54, 1.807) is 41.9 Å². The van der Waals surface area contributed by atoms with Crippen LogP contribution in [0.1, 0.15) is 84.5 Å². The number of carbonyl (C=O) groups is 3. The van der Waals surface area contributed by atoms with Crippen molar-refractivity contribution in [2.75, 3.05) is 40.3 Å². The maximum Gasteiger partial charge on any atom is 0.272 e. The van der Waals surface area contributed by atoms with E-state index in [-0.39, 0.29) is 23.6 Å². The van der Waals surface area contributed by atoms with Gasteiger partial charge < -0.3 is 19.4 Å². The van der Waals surface area contributed by atoms with Crippen LogP contribution in [0.3, 0.4) is 0 Å². The van der Waals surface area contributed by atoms with Crippen molar-refractivity contribution >= 4 is 29.3 Å². The lowest BCUT2D eigenvalue weighted by Gasteiger charge is -2.31. The number of halogens is 1. The molecule has 1 aliphatic heterocycles. The average Bonchev–Trinajstić information content (AvgIpc) is 3.49. The quantitative estimate of drug-likeness (QED) is 0.348. The molecule has 242 valence electrons. The van der Waals surface area contributed by atoms with Crippen LogP contribution in [0, 0.1) is 0 Å². The van der Waals surface area contributed by atoms with Gasteiger partial charge in [-0.15, -0.1) is 0 Å². The molecule has 9 nitrogen and oxygen atoms in total. The van der Waals surface area contributed by atoms with Gasteiger partial charge in [0.25, 0.3) is 11.8 Å². The number of hydrogen-bond acceptors (Lipinski definition) is 5. The summed E-state index contributed by atoms with van der Waals surface area (Å²) in [6.07, 6.45) is 3.25. The Balaban J connectivity index is 1.61. The molecule has 0 radical (unpaired) electrons. The molecule has 10 heteroatoms. The van der Waals surface area contributed by atoms with Crippen molar-refractivity contribution < 1.29 is 19.1 Å². The monoisotopic (exact) mass is 635 g/mol. The molecule has 0 bridgehead atoms. The number of rotatable bonds is 5. The fourth-order valence-electron chi connectivity index (χ4n) is 5.57. The molecule has 0 spiro atoms. The number of hydrogen-bond donors (Lipinski definition) is 0. The highest BCUT2D eigenvalue weighted by molar-refractivity contribution is 6.31. The normalized spacial score (nSPS) is 17.7. The Kier molecular flexibility index (Phi) is 12.0. The topological polar surface area (TPSA) is 88.0 Å². The fraction of sp³-hybridized carbons (Fsp3) is 0.486. The average molecular weight is 636 g/mol. The van der Waals surface area contributed by atoms with Gasteiger partial charge in [0, 0.05) is 51.7 Å². The number of amides is 3. The highest BCUT2D eigenvalue weighted by atomic mass is 35.5. The van der Waals surface area contributed by atoms with Gasteiger partial charge in [-0.25, -0.2) is 0 Å². The second-order valence-corrected chi connectivity index (χ2v) is 12.4. The molecular weight excluding hydrogens is 590 g/mol. The van der Waals surface area contributed by atoms with E-state index in [4.69, 9.17) is 16.3 Å². The van der Waals surface area contributed by atoms with Crippen LogP contribution in [0.2, 0.25) is 5.02 Å². The van der Waals surface area contributed by atoms with Gasteiger partial charge in [-0.2, -0.15) is 5.10 Å². The van der Waals surface area contributed by atoms with E-state index < -0.39 is 6.04 Å². The predicted octanol–water partition coefficient (Wildman–Crippen LogP) is 5.92. The number of likely N-dealkylation sites (N-methyl/N-ethyl adjacent to an activating group) is 2. The van der Waals surface area contributed by atoms with Crippen molar-refractivity contribution in [1.29, 1.82) is 0 Å². The van der Waals surface area contributed by atoms with Crippen LogP contribution in [0.25, 0.3) is 0 Å². The molecule has 0 saturated carbocycles. The first-order valence-electron chi connectivity index (χ1n) is 16.0. The van der Waals surface area contributed by atoms with Gasteiger partial charge in [-0.05, 0) is 68.4 Å². The first-order chi connectivity index (χ1) is 21.6. The van der Waals surface area contributed by atoms with Gasteiger partial charge in [0.2, 0.25) is 5.91 Å². The molecule has 2 aromatic carbocycles. The molecular formula is C35H46ClN5O4. The van der Waals surface area contributed by atoms with Crippen molar-refractivity contribution in [3.05, 3.63) is 82.1 Å². The zero-order valence-electron chi connectivity index (χ0n) is 27.2. The van der Waals surface area contributed by atoms with Crippen LogP contribution in [-0.2, 0) is 17.8 Å². The largest absolute Gasteiger partial charge is 0.493 e. The first kappa shape index (κ1) is 34.0. The fourth-order valence-corrected chi connectivity index (χ4v) is 5.74. The number of nitrogens with zero attached hydrogens (tertiary/aromatic N) is 5. The van der Waals surface area contributed by atoms with Gasteiger partial charge in [0.15, 0.2) is 0 Å². The molecule has 3 aromatic rings. The number of benzene rings is 2. The predicted molar refractivity (Wildman–Crippen MR) is 177 cm³/mol. The second-order valence-electron chi connectivity index (χ2n) is 12.0. The van der Waals surface area contributed by atoms with Crippen molar-refractivity contribution in [1.82, 2.24) is 24.5 Å². The first-order valence-corrected chi connectivity index (χ1v) is 16.3. The summed E-state index contributed by atoms with van der Waals surface area (Å²) in [5.74, 6) is 0.129. The van der Waals surface area contributed by atoms with Crippen molar-refractivity contribution in [2.24, 2.45) is 0 Å². The van der Waals surface area contributed by atoms with Crippen LogP contribution < -0.4 is 4.74 Å². The standard InChI is InChI=1S/C35H46ClN5O4/c1-6-41-31(24-29(37-41)25(2)3)35(44)40-19-11-10-18-38(4)34(43)30(22-26-14-8-7-9-15-26)39(5)33(42)28-23-27(36)16-17-32(28)45-21-13-12-20-40/h7-9,14-17,23-25,30H,6,10-13,18-22H2,1-5H3/t30-/m0/s1. The minimum atomic E-state index is -0.727. The lowest BCUT2D eigenvalue weighted by molar-refractivity contribution is -0.134. The van der Waals surface area contributed by atoms with E-state index in [1.807, 2.05) is 48.2 Å². The molecule has 45 heavy (non-hydrogen) atoms. The highest BCUT2D eigenvalue weighted by Gasteiger charge is 2.32. The summed E-state index contributed by atoms with van der Waals surface area (Å²) >= 11 is 6.33. The lowest BCUT2D eigenvalue weighted by Crippen LogP contribution is -2.49. The Bertz CT molecular complexity index is 1460. The lowest BCUT2D eigenvalue weighted by atomic mass is 10.0. The third-order valence-electron chi connectivity index (χ3n) is 8.34. The van der Waals surface area contributed by atoms with E-state index >= 15 is 0 Å². The van der Waals surface area contributed by atoms with E-state index in [2.05, 4.69) is 18.9 Å². The summed E-state index contributed by atoms with van der Waals surface area (Å²) in [7, 11) is 3.44. The molecule has 0 N–H and O–H groups in total. The summed E-state index contributed by atoms with van der Waals surface area (Å²) in [4.78, 5) is 46.7. The summed E-state index contributed by atoms with van der Waals surface area (Å²) in [5, 5.41) is 5.07. The Labute approximate surface area is 272 Å². The van der Waals surface area contributed by atoms with Gasteiger partial charge >= 0.3 is 0 Å². The van der Waals surface area contributed by atoms with Crippen molar-refractivity contribution in [3.8, 4) is 5.75 Å². The third-order valence-corrected chi connectivity index (χ3v) is 8.58. The summed E-state index contributed by atoms with van der Waals surface area (Å²) in [5.41, 5.74) is 2.78. The van der Waals surface area contributed by atoms with E-state index in [0.717, 1.165) is 24.1 Å². The molecule has 0 fully saturated rings. The molecule has 0 saturated heterocycles. The van der Waals surface area contributed by atoms with Gasteiger partial charge in [-0.1, -0.05) is 55.8 Å². The molecule has 0 aliphatic carbocycles. The minimum Gasteiger partial charge on any atom is -0.493 e. The van der Waals surface area contributed by atoms with Crippen LogP contribution >= 0.6 is 11.6 Å². The van der Waals surface area contributed by atoms with Crippen LogP contribution in [0.4, 0.5) is 0 Å². The Hall–Kier alpha value is -3.85. The van der Waals surface area contributed by atoms with Crippen LogP contribution in [0.15, 0.2) is 54.6 Å². The summed E-state index contributed by atoms with van der Waals surface area (Å²) in [6, 6.07) is 15.9. The number of carbonyl (C=O) groups excluding carboxylic acids is 3. The maximum atomic E-state index is 13.9. The molecule has 3 amide bonds. The van der Waals surface area contributed by atoms with Gasteiger partial charge in [-0.3, -0.25) is 19.1 Å². The number of fused-ring (bicyclic) bond motifs is 1. The third kappa shape index (κ3) is 8.66. The molecule has 1 aromatic heterocycles. The summed E-state index contributed by atoms with van der Waals surface area (Å²) < 4.78 is 7.91. The smallest absolute Gasteiger partial charge is 0.272 e. The Morgan fingerprint density at radius 1 is 0.978 bits per heavy atom. The SMILES string of the molecule is CCn1nc(C(C)C)cc1C(=O)N1CCCCOc2ccc(Cl)cc2C(=O)N(C)[C@@H](Cc2ccccc2)C(=O)N(C)CCCC1. The number of aromatic nitrogens is 2. The van der Waals surface area contributed by atoms with E-state index in [0.29, 0.717) is 74.1 Å². The maximum absolute atomic E-state index is 13.9. The minimum absolute atomic E-state index is 0.0327. The molecule has 2 heterocycles. The number of aryl methyl sites for hydroxylation is 1. The Morgan fingerprint density at radius 3 is 2.36 bits per heavy atom. The molecule has 4 rings (SSSR count). The summed E-state index contributed by atoms with van der Waals surface area (Å²) in [6.45, 7) is 8.77. The Morgan fingerprint density at radius 2 is 1.67 bits per heavy atom. The van der Waals surface area contributed by atoms with Crippen LogP contribution in [-0.4, -0.2) is 88.6 Å². The highest BCUT2D eigenvalue weighted by Crippen LogP contribution is 2.26. The second kappa shape index (κ2) is 15.9. The van der Waals surface area contributed by atoms with Crippen molar-refractivity contribution in [3.63, 3.8) is 0 Å². The molecule has 1 aliphatic rings. The number of ether oxygens (including phenoxy) is 1. The van der Waals surface area contributed by atoms with Crippen molar-refractivity contribution in [2.45, 2.75) is 71.4 Å². The molecule has 0 unspecified atom stereocenters.